The molecule has 0 aromatic heterocycles. The lowest BCUT2D eigenvalue weighted by Crippen LogP contribution is -2.13. The van der Waals surface area contributed by atoms with Gasteiger partial charge in [0.1, 0.15) is 34.5 Å². The zero-order chi connectivity index (χ0) is 42.5. The fourth-order valence-electron chi connectivity index (χ4n) is 5.54. The molecule has 0 amide bonds. The molecule has 0 bridgehead atoms. The van der Waals surface area contributed by atoms with Crippen LogP contribution in [0.4, 0.5) is 0 Å². The Bertz CT molecular complexity index is 2210. The van der Waals surface area contributed by atoms with Crippen molar-refractivity contribution in [2.75, 3.05) is 27.4 Å². The van der Waals surface area contributed by atoms with E-state index in [4.69, 9.17) is 37.9 Å². The maximum absolute atomic E-state index is 13.2. The summed E-state index contributed by atoms with van der Waals surface area (Å²) >= 11 is 0. The quantitative estimate of drug-likeness (QED) is 0.0616. The molecule has 0 aliphatic carbocycles. The van der Waals surface area contributed by atoms with E-state index in [0.29, 0.717) is 64.0 Å². The Morgan fingerprint density at radius 3 is 1.17 bits per heavy atom. The highest BCUT2D eigenvalue weighted by molar-refractivity contribution is 5.94. The summed E-state index contributed by atoms with van der Waals surface area (Å²) in [6, 6.07) is 26.9. The number of benzene rings is 5. The van der Waals surface area contributed by atoms with Gasteiger partial charge in [0, 0.05) is 27.1 Å². The smallest absolute Gasteiger partial charge is 0.343 e. The van der Waals surface area contributed by atoms with Crippen LogP contribution in [-0.4, -0.2) is 63.5 Å². The molecule has 308 valence electrons. The van der Waals surface area contributed by atoms with Gasteiger partial charge in [-0.25, -0.2) is 19.2 Å². The van der Waals surface area contributed by atoms with Crippen molar-refractivity contribution < 1.29 is 57.1 Å². The Kier molecular flexibility index (Phi) is 15.4. The molecular formula is C47H48O12. The number of esters is 4. The zero-order valence-corrected chi connectivity index (χ0v) is 34.2. The Hall–Kier alpha value is -6.50. The SMILES string of the molecule is COC(C)CCOc1ccc(C(=O)Oc2ccc(C(=O)Oc3cc(C)c(OC(=O)c4ccc(OC(=O)c5ccc(OCCC(C)OC)cc5)cc4)c(C)c3C)cc2)cc1. The van der Waals surface area contributed by atoms with E-state index in [1.54, 1.807) is 89.6 Å². The highest BCUT2D eigenvalue weighted by atomic mass is 16.6. The van der Waals surface area contributed by atoms with Crippen LogP contribution < -0.4 is 28.4 Å². The summed E-state index contributed by atoms with van der Waals surface area (Å²) in [5.41, 5.74) is 2.93. The van der Waals surface area contributed by atoms with E-state index < -0.39 is 23.9 Å². The van der Waals surface area contributed by atoms with Gasteiger partial charge in [-0.15, -0.1) is 0 Å². The molecule has 12 nitrogen and oxygen atoms in total. The highest BCUT2D eigenvalue weighted by Crippen LogP contribution is 2.34. The first-order valence-corrected chi connectivity index (χ1v) is 19.1. The van der Waals surface area contributed by atoms with E-state index in [-0.39, 0.29) is 34.8 Å². The summed E-state index contributed by atoms with van der Waals surface area (Å²) in [7, 11) is 3.30. The molecule has 2 atom stereocenters. The van der Waals surface area contributed by atoms with Crippen molar-refractivity contribution in [3.8, 4) is 34.5 Å². The number of carbonyl (C=O) groups excluding carboxylic acids is 4. The molecule has 0 heterocycles. The molecule has 0 N–H and O–H groups in total. The van der Waals surface area contributed by atoms with Crippen molar-refractivity contribution >= 4 is 23.9 Å². The van der Waals surface area contributed by atoms with Gasteiger partial charge in [0.2, 0.25) is 0 Å². The third-order valence-electron chi connectivity index (χ3n) is 9.55. The van der Waals surface area contributed by atoms with Crippen LogP contribution in [-0.2, 0) is 9.47 Å². The summed E-state index contributed by atoms with van der Waals surface area (Å²) in [5.74, 6) is 0.0149. The van der Waals surface area contributed by atoms with Crippen molar-refractivity contribution in [2.24, 2.45) is 0 Å². The molecule has 0 aliphatic heterocycles. The van der Waals surface area contributed by atoms with E-state index in [1.807, 2.05) is 13.8 Å². The van der Waals surface area contributed by atoms with Gasteiger partial charge < -0.3 is 37.9 Å². The van der Waals surface area contributed by atoms with Gasteiger partial charge in [0.15, 0.2) is 0 Å². The minimum absolute atomic E-state index is 0.0838. The molecule has 12 heteroatoms. The molecule has 2 unspecified atom stereocenters. The Morgan fingerprint density at radius 1 is 0.458 bits per heavy atom. The van der Waals surface area contributed by atoms with Gasteiger partial charge in [-0.05, 0) is 154 Å². The van der Waals surface area contributed by atoms with Gasteiger partial charge in [-0.3, -0.25) is 0 Å². The fourth-order valence-corrected chi connectivity index (χ4v) is 5.54. The van der Waals surface area contributed by atoms with E-state index in [0.717, 1.165) is 12.8 Å². The predicted octanol–water partition coefficient (Wildman–Crippen LogP) is 9.10. The summed E-state index contributed by atoms with van der Waals surface area (Å²) in [5, 5.41) is 0. The molecule has 5 aromatic rings. The van der Waals surface area contributed by atoms with Gasteiger partial charge in [0.25, 0.3) is 0 Å². The average molecular weight is 805 g/mol. The lowest BCUT2D eigenvalue weighted by atomic mass is 10.0. The van der Waals surface area contributed by atoms with Crippen LogP contribution in [0.3, 0.4) is 0 Å². The Balaban J connectivity index is 1.12. The average Bonchev–Trinajstić information content (AvgIpc) is 3.24. The number of hydrogen-bond acceptors (Lipinski definition) is 12. The van der Waals surface area contributed by atoms with E-state index >= 15 is 0 Å². The number of methoxy groups -OCH3 is 2. The predicted molar refractivity (Wildman–Crippen MR) is 219 cm³/mol. The second-order valence-electron chi connectivity index (χ2n) is 13.8. The normalized spacial score (nSPS) is 11.8. The van der Waals surface area contributed by atoms with Crippen LogP contribution in [0.2, 0.25) is 0 Å². The first kappa shape index (κ1) is 43.6. The van der Waals surface area contributed by atoms with Gasteiger partial charge >= 0.3 is 23.9 Å². The second-order valence-corrected chi connectivity index (χ2v) is 13.8. The molecule has 0 aliphatic rings. The minimum Gasteiger partial charge on any atom is -0.493 e. The third kappa shape index (κ3) is 12.2. The van der Waals surface area contributed by atoms with Gasteiger partial charge in [-0.2, -0.15) is 0 Å². The molecule has 0 fully saturated rings. The highest BCUT2D eigenvalue weighted by Gasteiger charge is 2.20. The van der Waals surface area contributed by atoms with Crippen molar-refractivity contribution in [2.45, 2.75) is 59.7 Å². The van der Waals surface area contributed by atoms with Crippen LogP contribution in [0.1, 0.15) is 84.8 Å². The molecular weight excluding hydrogens is 757 g/mol. The van der Waals surface area contributed by atoms with Gasteiger partial charge in [0.05, 0.1) is 47.7 Å². The van der Waals surface area contributed by atoms with E-state index in [9.17, 15) is 19.2 Å². The molecule has 5 aromatic carbocycles. The molecule has 0 saturated heterocycles. The summed E-state index contributed by atoms with van der Waals surface area (Å²) in [6.45, 7) is 10.1. The molecule has 59 heavy (non-hydrogen) atoms. The van der Waals surface area contributed by atoms with Crippen LogP contribution in [0.25, 0.3) is 0 Å². The molecule has 0 radical (unpaired) electrons. The number of aryl methyl sites for hydroxylation is 1. The maximum Gasteiger partial charge on any atom is 0.343 e. The Labute approximate surface area is 343 Å². The maximum atomic E-state index is 13.2. The standard InChI is InChI=1S/C47H48O12/c1-29-28-42(58-46(50)36-12-20-40(21-13-36)56-44(48)34-8-16-38(17-9-34)54-26-24-30(2)52-6)32(4)33(5)43(29)59-47(51)37-14-22-41(23-15-37)57-45(49)35-10-18-39(19-11-35)55-27-25-31(3)53-7/h8-23,28,30-31H,24-27H2,1-7H3. The summed E-state index contributed by atoms with van der Waals surface area (Å²) in [4.78, 5) is 51.7. The van der Waals surface area contributed by atoms with Crippen LogP contribution >= 0.6 is 0 Å². The number of hydrogen-bond donors (Lipinski definition) is 0. The van der Waals surface area contributed by atoms with Crippen molar-refractivity contribution in [3.63, 3.8) is 0 Å². The fraction of sp³-hybridized carbons (Fsp3) is 0.277. The van der Waals surface area contributed by atoms with Crippen molar-refractivity contribution in [1.29, 1.82) is 0 Å². The molecule has 5 rings (SSSR count). The van der Waals surface area contributed by atoms with E-state index in [2.05, 4.69) is 0 Å². The van der Waals surface area contributed by atoms with Crippen molar-refractivity contribution in [3.05, 3.63) is 142 Å². The number of carbonyl (C=O) groups is 4. The number of ether oxygens (including phenoxy) is 8. The largest absolute Gasteiger partial charge is 0.493 e. The van der Waals surface area contributed by atoms with Crippen molar-refractivity contribution in [1.82, 2.24) is 0 Å². The number of rotatable bonds is 18. The first-order valence-electron chi connectivity index (χ1n) is 19.1. The molecule has 0 spiro atoms. The van der Waals surface area contributed by atoms with Crippen LogP contribution in [0.15, 0.2) is 103 Å². The summed E-state index contributed by atoms with van der Waals surface area (Å²) in [6.07, 6.45) is 1.64. The first-order chi connectivity index (χ1) is 28.3. The second kappa shape index (κ2) is 20.8. The lowest BCUT2D eigenvalue weighted by molar-refractivity contribution is 0.0714. The van der Waals surface area contributed by atoms with Gasteiger partial charge in [-0.1, -0.05) is 0 Å². The topological polar surface area (TPSA) is 142 Å². The molecule has 0 saturated carbocycles. The van der Waals surface area contributed by atoms with Crippen LogP contribution in [0, 0.1) is 20.8 Å². The van der Waals surface area contributed by atoms with E-state index in [1.165, 1.54) is 48.5 Å². The zero-order valence-electron chi connectivity index (χ0n) is 34.2. The van der Waals surface area contributed by atoms with Crippen LogP contribution in [0.5, 0.6) is 34.5 Å². The monoisotopic (exact) mass is 804 g/mol. The minimum atomic E-state index is -0.625. The Morgan fingerprint density at radius 2 is 0.797 bits per heavy atom. The lowest BCUT2D eigenvalue weighted by Gasteiger charge is -2.16. The third-order valence-corrected chi connectivity index (χ3v) is 9.55. The summed E-state index contributed by atoms with van der Waals surface area (Å²) < 4.78 is 44.3.